The normalized spacial score (nSPS) is 13.1. The van der Waals surface area contributed by atoms with Crippen LogP contribution < -0.4 is 0 Å². The summed E-state index contributed by atoms with van der Waals surface area (Å²) >= 11 is 0. The number of carbonyl (C=O) groups excluding carboxylic acids is 1. The first-order valence-electron chi connectivity index (χ1n) is 16.5. The van der Waals surface area contributed by atoms with Gasteiger partial charge in [-0.25, -0.2) is 0 Å². The molecule has 4 aromatic heterocycles. The van der Waals surface area contributed by atoms with Crippen molar-refractivity contribution in [1.29, 1.82) is 0 Å². The molecule has 0 aliphatic heterocycles. The molecule has 231 valence electrons. The van der Waals surface area contributed by atoms with Crippen LogP contribution in [0.15, 0.2) is 126 Å². The first kappa shape index (κ1) is 26.9. The molecule has 0 unspecified atom stereocenters. The molecule has 5 nitrogen and oxygen atoms in total. The van der Waals surface area contributed by atoms with E-state index in [-0.39, 0.29) is 37.2 Å². The summed E-state index contributed by atoms with van der Waals surface area (Å²) in [6.07, 6.45) is 2.60. The second-order valence-electron chi connectivity index (χ2n) is 11.5. The molecule has 9 rings (SSSR count). The summed E-state index contributed by atoms with van der Waals surface area (Å²) in [6, 6.07) is 38.4. The molecule has 0 saturated carbocycles. The maximum Gasteiger partial charge on any atom is 0.155 e. The zero-order valence-corrected chi connectivity index (χ0v) is 27.9. The number of para-hydroxylation sites is 1. The van der Waals surface area contributed by atoms with E-state index < -0.39 is 6.85 Å². The van der Waals surface area contributed by atoms with Crippen molar-refractivity contribution in [3.05, 3.63) is 133 Å². The predicted octanol–water partition coefficient (Wildman–Crippen LogP) is 10.6. The molecule has 0 amide bonds. The van der Waals surface area contributed by atoms with Crippen molar-refractivity contribution in [3.63, 3.8) is 0 Å². The van der Waals surface area contributed by atoms with Gasteiger partial charge in [-0.2, -0.15) is 0 Å². The Labute approximate surface area is 288 Å². The zero-order valence-electron chi connectivity index (χ0n) is 28.5. The molecule has 0 atom stereocenters. The number of hydrogen-bond acceptors (Lipinski definition) is 4. The molecular formula is C41H29IrN2O3-. The van der Waals surface area contributed by atoms with E-state index >= 15 is 0 Å². The maximum atomic E-state index is 10.0. The Balaban J connectivity index is 0.000000447. The van der Waals surface area contributed by atoms with E-state index in [2.05, 4.69) is 82.2 Å². The van der Waals surface area contributed by atoms with Crippen LogP contribution in [0.1, 0.15) is 23.5 Å². The third kappa shape index (κ3) is 4.98. The number of rotatable bonds is 3. The van der Waals surface area contributed by atoms with Gasteiger partial charge in [0.15, 0.2) is 5.78 Å². The van der Waals surface area contributed by atoms with Crippen LogP contribution >= 0.6 is 0 Å². The third-order valence-corrected chi connectivity index (χ3v) is 8.39. The average molecular weight is 793 g/mol. The Morgan fingerprint density at radius 1 is 0.872 bits per heavy atom. The summed E-state index contributed by atoms with van der Waals surface area (Å²) in [6.45, 7) is 0.659. The molecule has 0 saturated heterocycles. The second-order valence-corrected chi connectivity index (χ2v) is 11.5. The fraction of sp³-hybridized carbons (Fsp3) is 0.0732. The van der Waals surface area contributed by atoms with Crippen LogP contribution in [-0.2, 0) is 24.9 Å². The molecule has 0 aliphatic carbocycles. The van der Waals surface area contributed by atoms with E-state index in [0.29, 0.717) is 5.69 Å². The third-order valence-electron chi connectivity index (χ3n) is 8.39. The summed E-state index contributed by atoms with van der Waals surface area (Å²) in [5.41, 5.74) is 9.08. The Kier molecular flexibility index (Phi) is 6.76. The molecule has 5 aromatic carbocycles. The van der Waals surface area contributed by atoms with Crippen molar-refractivity contribution in [2.75, 3.05) is 0 Å². The van der Waals surface area contributed by atoms with Crippen molar-refractivity contribution in [2.45, 2.75) is 20.7 Å². The quantitative estimate of drug-likeness (QED) is 0.110. The van der Waals surface area contributed by atoms with Crippen LogP contribution in [0.25, 0.3) is 82.4 Å². The summed E-state index contributed by atoms with van der Waals surface area (Å²) < 4.78 is 32.0. The molecule has 1 radical (unpaired) electrons. The fourth-order valence-electron chi connectivity index (χ4n) is 6.62. The summed E-state index contributed by atoms with van der Waals surface area (Å²) in [5.74, 6) is -0.0625. The molecular weight excluding hydrogens is 761 g/mol. The number of benzene rings is 5. The number of nitrogens with zero attached hydrogens (tertiary/aromatic N) is 2. The van der Waals surface area contributed by atoms with E-state index in [4.69, 9.17) is 13.6 Å². The number of aliphatic hydroxyl groups is 1. The number of hydrogen-bond donors (Lipinski definition) is 1. The van der Waals surface area contributed by atoms with Gasteiger partial charge in [-0.15, -0.1) is 23.8 Å². The van der Waals surface area contributed by atoms with Crippen LogP contribution in [0.4, 0.5) is 0 Å². The molecule has 0 spiro atoms. The van der Waals surface area contributed by atoms with Crippen molar-refractivity contribution in [2.24, 2.45) is 0 Å². The Morgan fingerprint density at radius 3 is 2.40 bits per heavy atom. The number of pyridine rings is 1. The molecule has 0 aliphatic rings. The molecule has 1 N–H and O–H groups in total. The van der Waals surface area contributed by atoms with Gasteiger partial charge in [-0.3, -0.25) is 4.79 Å². The zero-order chi connectivity index (χ0) is 34.0. The van der Waals surface area contributed by atoms with Crippen molar-refractivity contribution in [1.82, 2.24) is 9.38 Å². The average Bonchev–Trinajstić information content (AvgIpc) is 3.74. The molecule has 9 aromatic rings. The molecule has 0 fully saturated rings. The van der Waals surface area contributed by atoms with Crippen LogP contribution in [0, 0.1) is 12.9 Å². The number of fused-ring (bicyclic) bond motifs is 10. The Morgan fingerprint density at radius 2 is 1.68 bits per heavy atom. The maximum absolute atomic E-state index is 10.0. The van der Waals surface area contributed by atoms with Crippen molar-refractivity contribution < 1.29 is 38.5 Å². The van der Waals surface area contributed by atoms with Gasteiger partial charge in [0.2, 0.25) is 0 Å². The van der Waals surface area contributed by atoms with Gasteiger partial charge < -0.3 is 18.9 Å². The number of ketones is 1. The number of furan rings is 1. The first-order valence-corrected chi connectivity index (χ1v) is 15.0. The molecule has 0 bridgehead atoms. The molecule has 4 heterocycles. The van der Waals surface area contributed by atoms with Gasteiger partial charge in [0.1, 0.15) is 11.2 Å². The smallest absolute Gasteiger partial charge is 0.155 e. The van der Waals surface area contributed by atoms with Gasteiger partial charge in [0, 0.05) is 58.2 Å². The minimum absolute atomic E-state index is 0. The minimum atomic E-state index is -2.19. The van der Waals surface area contributed by atoms with E-state index in [0.717, 1.165) is 65.8 Å². The Bertz CT molecular complexity index is 2740. The minimum Gasteiger partial charge on any atom is -0.512 e. The summed E-state index contributed by atoms with van der Waals surface area (Å²) in [4.78, 5) is 14.5. The van der Waals surface area contributed by atoms with E-state index in [9.17, 15) is 4.79 Å². The number of aryl methyl sites for hydroxylation is 1. The van der Waals surface area contributed by atoms with Crippen LogP contribution in [-0.4, -0.2) is 20.3 Å². The number of allylic oxidation sites excluding steroid dienone is 2. The van der Waals surface area contributed by atoms with Crippen LogP contribution in [0.5, 0.6) is 0 Å². The number of carbonyl (C=O) groups is 1. The van der Waals surface area contributed by atoms with Crippen LogP contribution in [0.3, 0.4) is 0 Å². The van der Waals surface area contributed by atoms with Gasteiger partial charge >= 0.3 is 0 Å². The Hall–Kier alpha value is -5.29. The van der Waals surface area contributed by atoms with Gasteiger partial charge in [0.25, 0.3) is 0 Å². The standard InChI is InChI=1S/C36H21N2O.C5H8O2.Ir/c1-21-14-16-29(37-20-21)23-15-17-30-26(18-23)27-19-28-25-10-5-6-13-32(25)39-36(28)34-33-24(22-8-3-2-4-9-22)11-7-12-31(33)38(30)35(27)34;1-4(6)3-5(2)7;/h2-14,16-20H,1H3;3,6H,1-2H3;/q-1;;/b;4-3-;/i1D3;;. The van der Waals surface area contributed by atoms with Gasteiger partial charge in [-0.1, -0.05) is 78.2 Å². The van der Waals surface area contributed by atoms with Gasteiger partial charge in [-0.05, 0) is 72.2 Å². The first-order chi connectivity index (χ1) is 23.6. The summed E-state index contributed by atoms with van der Waals surface area (Å²) in [7, 11) is 0. The topological polar surface area (TPSA) is 67.7 Å². The monoisotopic (exact) mass is 793 g/mol. The van der Waals surface area contributed by atoms with Gasteiger partial charge in [0.05, 0.1) is 16.7 Å². The molecule has 47 heavy (non-hydrogen) atoms. The van der Waals surface area contributed by atoms with Crippen LogP contribution in [0.2, 0.25) is 0 Å². The van der Waals surface area contributed by atoms with Crippen molar-refractivity contribution in [3.8, 4) is 22.4 Å². The molecule has 6 heteroatoms. The fourth-order valence-corrected chi connectivity index (χ4v) is 6.62. The van der Waals surface area contributed by atoms with Crippen molar-refractivity contribution >= 4 is 65.8 Å². The number of aliphatic hydroxyl groups excluding tert-OH is 1. The van der Waals surface area contributed by atoms with E-state index in [1.807, 2.05) is 24.3 Å². The predicted molar refractivity (Wildman–Crippen MR) is 188 cm³/mol. The largest absolute Gasteiger partial charge is 0.512 e. The second kappa shape index (κ2) is 11.8. The summed E-state index contributed by atoms with van der Waals surface area (Å²) in [5, 5.41) is 15.0. The van der Waals surface area contributed by atoms with E-state index in [1.165, 1.54) is 37.1 Å². The number of aromatic nitrogens is 2. The SMILES string of the molecule is CC(=O)/C=C(/C)O.[2H]C([2H])([2H])c1ccc(-c2[c-]cc3c(c2)c2cc4c5ccccc5oc4c4c5c(-c6ccccc6)cccc5n3c24)nc1.[Ir]. The van der Waals surface area contributed by atoms with E-state index in [1.54, 1.807) is 12.1 Å².